The molecule has 0 amide bonds. The number of nitriles is 1. The lowest BCUT2D eigenvalue weighted by Gasteiger charge is -2.14. The first-order valence-electron chi connectivity index (χ1n) is 4.72. The molecule has 5 heteroatoms. The van der Waals surface area contributed by atoms with Crippen molar-refractivity contribution < 1.29 is 14.2 Å². The van der Waals surface area contributed by atoms with Crippen molar-refractivity contribution in [3.05, 3.63) is 18.2 Å². The number of hydrogen-bond donors (Lipinski definition) is 1. The highest BCUT2D eigenvalue weighted by Gasteiger charge is 2.12. The fourth-order valence-electron chi connectivity index (χ4n) is 1.17. The number of para-hydroxylation sites is 1. The van der Waals surface area contributed by atoms with Gasteiger partial charge in [-0.2, -0.15) is 5.26 Å². The summed E-state index contributed by atoms with van der Waals surface area (Å²) in [6.07, 6.45) is 0. The van der Waals surface area contributed by atoms with E-state index in [2.05, 4.69) is 0 Å². The van der Waals surface area contributed by atoms with Gasteiger partial charge in [-0.15, -0.1) is 0 Å². The van der Waals surface area contributed by atoms with Gasteiger partial charge in [0.15, 0.2) is 11.5 Å². The van der Waals surface area contributed by atoms with Crippen LogP contribution in [0.3, 0.4) is 0 Å². The molecule has 0 aliphatic heterocycles. The molecule has 0 spiro atoms. The minimum Gasteiger partial charge on any atom is -0.493 e. The maximum Gasteiger partial charge on any atom is 0.203 e. The molecule has 16 heavy (non-hydrogen) atoms. The molecule has 0 fully saturated rings. The SMILES string of the molecule is COc1cccc(OC)c1OCC(N)C#N. The largest absolute Gasteiger partial charge is 0.493 e. The van der Waals surface area contributed by atoms with Crippen LogP contribution in [0.25, 0.3) is 0 Å². The van der Waals surface area contributed by atoms with Crippen molar-refractivity contribution in [2.45, 2.75) is 6.04 Å². The average molecular weight is 222 g/mol. The zero-order chi connectivity index (χ0) is 12.0. The molecule has 0 heterocycles. The molecule has 2 N–H and O–H groups in total. The smallest absolute Gasteiger partial charge is 0.203 e. The molecule has 0 saturated carbocycles. The first-order valence-corrected chi connectivity index (χ1v) is 4.72. The normalized spacial score (nSPS) is 11.4. The molecule has 0 bridgehead atoms. The number of benzene rings is 1. The molecule has 0 aliphatic rings. The summed E-state index contributed by atoms with van der Waals surface area (Å²) in [4.78, 5) is 0. The standard InChI is InChI=1S/C11H14N2O3/c1-14-9-4-3-5-10(15-2)11(9)16-7-8(13)6-12/h3-5,8H,7,13H2,1-2H3. The third-order valence-corrected chi connectivity index (χ3v) is 1.96. The van der Waals surface area contributed by atoms with Crippen molar-refractivity contribution in [3.63, 3.8) is 0 Å². The second kappa shape index (κ2) is 5.83. The molecular formula is C11H14N2O3. The minimum absolute atomic E-state index is 0.0905. The molecule has 1 rings (SSSR count). The van der Waals surface area contributed by atoms with E-state index in [-0.39, 0.29) is 6.61 Å². The third kappa shape index (κ3) is 2.78. The summed E-state index contributed by atoms with van der Waals surface area (Å²) in [7, 11) is 3.07. The Morgan fingerprint density at radius 3 is 2.31 bits per heavy atom. The zero-order valence-electron chi connectivity index (χ0n) is 9.27. The topological polar surface area (TPSA) is 77.5 Å². The van der Waals surface area contributed by atoms with Gasteiger partial charge in [0.25, 0.3) is 0 Å². The summed E-state index contributed by atoms with van der Waals surface area (Å²) in [5, 5.41) is 8.55. The van der Waals surface area contributed by atoms with E-state index >= 15 is 0 Å². The predicted octanol–water partition coefficient (Wildman–Crippen LogP) is 0.933. The zero-order valence-corrected chi connectivity index (χ0v) is 9.27. The van der Waals surface area contributed by atoms with Crippen molar-refractivity contribution in [2.75, 3.05) is 20.8 Å². The monoisotopic (exact) mass is 222 g/mol. The Kier molecular flexibility index (Phi) is 4.42. The van der Waals surface area contributed by atoms with E-state index in [1.54, 1.807) is 18.2 Å². The van der Waals surface area contributed by atoms with Crippen molar-refractivity contribution in [1.82, 2.24) is 0 Å². The second-order valence-corrected chi connectivity index (χ2v) is 3.04. The van der Waals surface area contributed by atoms with Crippen LogP contribution in [-0.4, -0.2) is 26.9 Å². The number of rotatable bonds is 5. The van der Waals surface area contributed by atoms with Crippen LogP contribution in [0.4, 0.5) is 0 Å². The highest BCUT2D eigenvalue weighted by Crippen LogP contribution is 2.36. The van der Waals surface area contributed by atoms with E-state index in [0.717, 1.165) is 0 Å². The summed E-state index contributed by atoms with van der Waals surface area (Å²) >= 11 is 0. The average Bonchev–Trinajstić information content (AvgIpc) is 2.35. The van der Waals surface area contributed by atoms with Gasteiger partial charge >= 0.3 is 0 Å². The van der Waals surface area contributed by atoms with Gasteiger partial charge in [-0.05, 0) is 12.1 Å². The predicted molar refractivity (Wildman–Crippen MR) is 58.6 cm³/mol. The van der Waals surface area contributed by atoms with Gasteiger partial charge < -0.3 is 19.9 Å². The molecule has 1 aromatic carbocycles. The van der Waals surface area contributed by atoms with Crippen molar-refractivity contribution >= 4 is 0 Å². The van der Waals surface area contributed by atoms with Crippen molar-refractivity contribution in [1.29, 1.82) is 5.26 Å². The molecule has 86 valence electrons. The first-order chi connectivity index (χ1) is 7.72. The van der Waals surface area contributed by atoms with E-state index in [1.165, 1.54) is 14.2 Å². The van der Waals surface area contributed by atoms with E-state index in [4.69, 9.17) is 25.2 Å². The van der Waals surface area contributed by atoms with Gasteiger partial charge in [-0.1, -0.05) is 6.07 Å². The highest BCUT2D eigenvalue weighted by molar-refractivity contribution is 5.51. The van der Waals surface area contributed by atoms with Crippen molar-refractivity contribution in [2.24, 2.45) is 5.73 Å². The number of nitrogens with two attached hydrogens (primary N) is 1. The van der Waals surface area contributed by atoms with E-state index < -0.39 is 6.04 Å². The number of hydrogen-bond acceptors (Lipinski definition) is 5. The van der Waals surface area contributed by atoms with Gasteiger partial charge in [0, 0.05) is 0 Å². The molecule has 0 radical (unpaired) electrons. The van der Waals surface area contributed by atoms with Crippen LogP contribution < -0.4 is 19.9 Å². The van der Waals surface area contributed by atoms with Crippen LogP contribution >= 0.6 is 0 Å². The molecule has 1 atom stereocenters. The lowest BCUT2D eigenvalue weighted by Crippen LogP contribution is -2.25. The quantitative estimate of drug-likeness (QED) is 0.802. The Hall–Kier alpha value is -1.93. The van der Waals surface area contributed by atoms with Crippen LogP contribution in [0.2, 0.25) is 0 Å². The van der Waals surface area contributed by atoms with Crippen molar-refractivity contribution in [3.8, 4) is 23.3 Å². The van der Waals surface area contributed by atoms with Crippen LogP contribution in [0.15, 0.2) is 18.2 Å². The summed E-state index contributed by atoms with van der Waals surface area (Å²) in [6.45, 7) is 0.0905. The Bertz CT molecular complexity index is 365. The summed E-state index contributed by atoms with van der Waals surface area (Å²) in [5.74, 6) is 1.55. The molecule has 5 nitrogen and oxygen atoms in total. The van der Waals surface area contributed by atoms with Crippen LogP contribution in [0, 0.1) is 11.3 Å². The summed E-state index contributed by atoms with van der Waals surface area (Å²) in [6, 6.07) is 6.49. The number of ether oxygens (including phenoxy) is 3. The maximum absolute atomic E-state index is 8.55. The molecule has 0 aromatic heterocycles. The first kappa shape index (κ1) is 12.1. The van der Waals surface area contributed by atoms with Gasteiger partial charge in [-0.3, -0.25) is 0 Å². The van der Waals surface area contributed by atoms with E-state index in [0.29, 0.717) is 17.2 Å². The fraction of sp³-hybridized carbons (Fsp3) is 0.364. The Labute approximate surface area is 94.3 Å². The van der Waals surface area contributed by atoms with Gasteiger partial charge in [0.2, 0.25) is 5.75 Å². The highest BCUT2D eigenvalue weighted by atomic mass is 16.5. The molecule has 1 unspecified atom stereocenters. The van der Waals surface area contributed by atoms with E-state index in [9.17, 15) is 0 Å². The lowest BCUT2D eigenvalue weighted by molar-refractivity contribution is 0.269. The van der Waals surface area contributed by atoms with Gasteiger partial charge in [0.05, 0.1) is 20.3 Å². The van der Waals surface area contributed by atoms with Crippen LogP contribution in [0.5, 0.6) is 17.2 Å². The molecule has 0 saturated heterocycles. The Morgan fingerprint density at radius 2 is 1.88 bits per heavy atom. The molecule has 0 aliphatic carbocycles. The molecular weight excluding hydrogens is 208 g/mol. The Morgan fingerprint density at radius 1 is 1.31 bits per heavy atom. The number of methoxy groups -OCH3 is 2. The third-order valence-electron chi connectivity index (χ3n) is 1.96. The van der Waals surface area contributed by atoms with Crippen LogP contribution in [0.1, 0.15) is 0 Å². The molecule has 1 aromatic rings. The maximum atomic E-state index is 8.55. The van der Waals surface area contributed by atoms with Gasteiger partial charge in [-0.25, -0.2) is 0 Å². The summed E-state index contributed by atoms with van der Waals surface area (Å²) in [5.41, 5.74) is 5.44. The van der Waals surface area contributed by atoms with Gasteiger partial charge in [0.1, 0.15) is 12.6 Å². The van der Waals surface area contributed by atoms with E-state index in [1.807, 2.05) is 6.07 Å². The fourth-order valence-corrected chi connectivity index (χ4v) is 1.17. The lowest BCUT2D eigenvalue weighted by atomic mass is 10.3. The minimum atomic E-state index is -0.672. The Balaban J connectivity index is 2.87. The second-order valence-electron chi connectivity index (χ2n) is 3.04. The van der Waals surface area contributed by atoms with Crippen LogP contribution in [-0.2, 0) is 0 Å². The summed E-state index contributed by atoms with van der Waals surface area (Å²) < 4.78 is 15.7. The number of nitrogens with zero attached hydrogens (tertiary/aromatic N) is 1.